The molecule has 0 aliphatic heterocycles. The van der Waals surface area contributed by atoms with Crippen molar-refractivity contribution >= 4 is 0 Å². The number of hydrogen-bond acceptors (Lipinski definition) is 6. The van der Waals surface area contributed by atoms with Gasteiger partial charge < -0.3 is 15.3 Å². The van der Waals surface area contributed by atoms with Gasteiger partial charge in [-0.1, -0.05) is 17.3 Å². The third-order valence-electron chi connectivity index (χ3n) is 3.58. The van der Waals surface area contributed by atoms with Gasteiger partial charge in [-0.05, 0) is 24.6 Å². The molecule has 0 aliphatic carbocycles. The molecular formula is C16H18FN5O2. The normalized spacial score (nSPS) is 13.8. The van der Waals surface area contributed by atoms with Crippen LogP contribution < -0.4 is 5.73 Å². The van der Waals surface area contributed by atoms with Crippen molar-refractivity contribution in [3.05, 3.63) is 54.0 Å². The largest absolute Gasteiger partial charge is 0.446 e. The van der Waals surface area contributed by atoms with Crippen molar-refractivity contribution < 1.29 is 13.9 Å². The number of nitrogens with two attached hydrogens (primary N) is 1. The number of benzene rings is 1. The zero-order valence-corrected chi connectivity index (χ0v) is 13.2. The maximum atomic E-state index is 13.3. The number of halogens is 1. The van der Waals surface area contributed by atoms with Crippen LogP contribution in [0.4, 0.5) is 4.39 Å². The Morgan fingerprint density at radius 1 is 1.42 bits per heavy atom. The Balaban J connectivity index is 1.73. The Bertz CT molecular complexity index is 827. The van der Waals surface area contributed by atoms with Gasteiger partial charge in [0.25, 0.3) is 0 Å². The van der Waals surface area contributed by atoms with E-state index in [9.17, 15) is 9.50 Å². The Kier molecular flexibility index (Phi) is 4.41. The van der Waals surface area contributed by atoms with E-state index >= 15 is 0 Å². The third kappa shape index (κ3) is 3.66. The minimum atomic E-state index is -1.11. The highest BCUT2D eigenvalue weighted by atomic mass is 19.1. The highest BCUT2D eigenvalue weighted by molar-refractivity contribution is 5.54. The van der Waals surface area contributed by atoms with Crippen molar-refractivity contribution in [1.29, 1.82) is 0 Å². The Hall–Kier alpha value is -2.58. The molecule has 0 bridgehead atoms. The van der Waals surface area contributed by atoms with Crippen molar-refractivity contribution in [3.8, 4) is 11.4 Å². The average molecular weight is 331 g/mol. The molecule has 0 aliphatic rings. The van der Waals surface area contributed by atoms with Gasteiger partial charge in [0.1, 0.15) is 23.0 Å². The number of aliphatic hydroxyl groups is 1. The van der Waals surface area contributed by atoms with Crippen molar-refractivity contribution in [2.75, 3.05) is 0 Å². The van der Waals surface area contributed by atoms with Gasteiger partial charge >= 0.3 is 0 Å². The molecule has 0 saturated heterocycles. The minimum Gasteiger partial charge on any atom is -0.446 e. The standard InChI is InChI=1S/C16H18FN5O2/c1-16(23,6-11-3-2-4-12(17)5-11)9-22-8-13(20-21-22)15-14(7-18)24-10-19-15/h2-5,8,10,23H,6-7,9,18H2,1H3. The van der Waals surface area contributed by atoms with E-state index in [1.54, 1.807) is 25.3 Å². The van der Waals surface area contributed by atoms with Crippen LogP contribution in [0.5, 0.6) is 0 Å². The van der Waals surface area contributed by atoms with Crippen molar-refractivity contribution in [2.45, 2.75) is 32.0 Å². The molecule has 126 valence electrons. The van der Waals surface area contributed by atoms with Crippen molar-refractivity contribution in [1.82, 2.24) is 20.0 Å². The van der Waals surface area contributed by atoms with Gasteiger partial charge in [0, 0.05) is 6.42 Å². The number of rotatable bonds is 6. The average Bonchev–Trinajstić information content (AvgIpc) is 3.14. The summed E-state index contributed by atoms with van der Waals surface area (Å²) in [7, 11) is 0. The second-order valence-electron chi connectivity index (χ2n) is 5.93. The summed E-state index contributed by atoms with van der Waals surface area (Å²) in [5.41, 5.74) is 6.23. The van der Waals surface area contributed by atoms with E-state index in [1.807, 2.05) is 0 Å². The van der Waals surface area contributed by atoms with Crippen LogP contribution in [0.3, 0.4) is 0 Å². The first-order valence-electron chi connectivity index (χ1n) is 7.46. The molecule has 8 heteroatoms. The van der Waals surface area contributed by atoms with Gasteiger partial charge in [0.05, 0.1) is 24.9 Å². The summed E-state index contributed by atoms with van der Waals surface area (Å²) < 4.78 is 20.0. The van der Waals surface area contributed by atoms with Gasteiger partial charge in [-0.25, -0.2) is 14.1 Å². The molecule has 1 aromatic carbocycles. The topological polar surface area (TPSA) is 103 Å². The second kappa shape index (κ2) is 6.50. The van der Waals surface area contributed by atoms with Gasteiger partial charge in [0.2, 0.25) is 0 Å². The lowest BCUT2D eigenvalue weighted by Gasteiger charge is -2.23. The molecule has 7 nitrogen and oxygen atoms in total. The lowest BCUT2D eigenvalue weighted by atomic mass is 9.96. The summed E-state index contributed by atoms with van der Waals surface area (Å²) >= 11 is 0. The van der Waals surface area contributed by atoms with Crippen LogP contribution in [0.25, 0.3) is 11.4 Å². The molecule has 2 aromatic heterocycles. The summed E-state index contributed by atoms with van der Waals surface area (Å²) in [6.45, 7) is 2.08. The van der Waals surface area contributed by atoms with Crippen LogP contribution in [-0.4, -0.2) is 30.7 Å². The maximum absolute atomic E-state index is 13.3. The first kappa shape index (κ1) is 16.3. The predicted molar refractivity (Wildman–Crippen MR) is 84.1 cm³/mol. The van der Waals surface area contributed by atoms with E-state index in [-0.39, 0.29) is 25.3 Å². The Labute approximate surface area is 137 Å². The summed E-state index contributed by atoms with van der Waals surface area (Å²) in [6.07, 6.45) is 3.26. The summed E-state index contributed by atoms with van der Waals surface area (Å²) in [4.78, 5) is 4.08. The second-order valence-corrected chi connectivity index (χ2v) is 5.93. The van der Waals surface area contributed by atoms with Crippen LogP contribution in [0, 0.1) is 5.82 Å². The Morgan fingerprint density at radius 2 is 2.25 bits per heavy atom. The summed E-state index contributed by atoms with van der Waals surface area (Å²) in [5, 5.41) is 18.6. The third-order valence-corrected chi connectivity index (χ3v) is 3.58. The fraction of sp³-hybridized carbons (Fsp3) is 0.312. The van der Waals surface area contributed by atoms with E-state index < -0.39 is 5.60 Å². The lowest BCUT2D eigenvalue weighted by molar-refractivity contribution is 0.0380. The zero-order valence-electron chi connectivity index (χ0n) is 13.2. The molecule has 0 fully saturated rings. The smallest absolute Gasteiger partial charge is 0.181 e. The van der Waals surface area contributed by atoms with E-state index in [0.717, 1.165) is 0 Å². The molecule has 0 radical (unpaired) electrons. The van der Waals surface area contributed by atoms with Gasteiger partial charge in [0.15, 0.2) is 6.39 Å². The number of aromatic nitrogens is 4. The van der Waals surface area contributed by atoms with Crippen LogP contribution in [0.15, 0.2) is 41.3 Å². The van der Waals surface area contributed by atoms with E-state index in [4.69, 9.17) is 10.2 Å². The first-order chi connectivity index (χ1) is 11.5. The highest BCUT2D eigenvalue weighted by Crippen LogP contribution is 2.21. The number of nitrogens with zero attached hydrogens (tertiary/aromatic N) is 4. The molecule has 1 unspecified atom stereocenters. The van der Waals surface area contributed by atoms with Crippen LogP contribution >= 0.6 is 0 Å². The van der Waals surface area contributed by atoms with Gasteiger partial charge in [-0.15, -0.1) is 5.10 Å². The van der Waals surface area contributed by atoms with Crippen LogP contribution in [0.2, 0.25) is 0 Å². The molecule has 3 rings (SSSR count). The molecule has 0 spiro atoms. The van der Waals surface area contributed by atoms with Crippen molar-refractivity contribution in [3.63, 3.8) is 0 Å². The molecule has 1 atom stereocenters. The first-order valence-corrected chi connectivity index (χ1v) is 7.46. The SMILES string of the molecule is CC(O)(Cc1cccc(F)c1)Cn1cc(-c2ncoc2CN)nn1. The molecule has 0 amide bonds. The zero-order chi connectivity index (χ0) is 17.2. The molecule has 3 aromatic rings. The molecule has 2 heterocycles. The van der Waals surface area contributed by atoms with Crippen LogP contribution in [-0.2, 0) is 19.5 Å². The van der Waals surface area contributed by atoms with Crippen molar-refractivity contribution in [2.24, 2.45) is 5.73 Å². The lowest BCUT2D eigenvalue weighted by Crippen LogP contribution is -2.33. The van der Waals surface area contributed by atoms with E-state index in [1.165, 1.54) is 23.2 Å². The summed E-state index contributed by atoms with van der Waals surface area (Å²) in [5.74, 6) is 0.195. The predicted octanol–water partition coefficient (Wildman–Crippen LogP) is 1.52. The Morgan fingerprint density at radius 3 is 3.00 bits per heavy atom. The molecule has 24 heavy (non-hydrogen) atoms. The monoisotopic (exact) mass is 331 g/mol. The van der Waals surface area contributed by atoms with Crippen LogP contribution in [0.1, 0.15) is 18.2 Å². The number of hydrogen-bond donors (Lipinski definition) is 2. The summed E-state index contributed by atoms with van der Waals surface area (Å²) in [6, 6.07) is 6.17. The molecule has 0 saturated carbocycles. The minimum absolute atomic E-state index is 0.201. The highest BCUT2D eigenvalue weighted by Gasteiger charge is 2.23. The number of oxazole rings is 1. The van der Waals surface area contributed by atoms with E-state index in [2.05, 4.69) is 15.3 Å². The fourth-order valence-electron chi connectivity index (χ4n) is 2.60. The van der Waals surface area contributed by atoms with Gasteiger partial charge in [-0.2, -0.15) is 0 Å². The van der Waals surface area contributed by atoms with Gasteiger partial charge in [-0.3, -0.25) is 0 Å². The maximum Gasteiger partial charge on any atom is 0.181 e. The quantitative estimate of drug-likeness (QED) is 0.710. The molecule has 3 N–H and O–H groups in total. The van der Waals surface area contributed by atoms with E-state index in [0.29, 0.717) is 22.7 Å². The fourth-order valence-corrected chi connectivity index (χ4v) is 2.60. The molecular weight excluding hydrogens is 313 g/mol.